The predicted molar refractivity (Wildman–Crippen MR) is 81.6 cm³/mol. The molecule has 2 aromatic heterocycles. The van der Waals surface area contributed by atoms with Crippen molar-refractivity contribution in [3.05, 3.63) is 57.5 Å². The van der Waals surface area contributed by atoms with Gasteiger partial charge in [0, 0.05) is 10.5 Å². The van der Waals surface area contributed by atoms with Crippen molar-refractivity contribution in [1.29, 1.82) is 0 Å². The molecule has 4 nitrogen and oxygen atoms in total. The summed E-state index contributed by atoms with van der Waals surface area (Å²) in [5.74, 6) is 1.20. The van der Waals surface area contributed by atoms with Gasteiger partial charge < -0.3 is 4.98 Å². The Kier molecular flexibility index (Phi) is 3.66. The Hall–Kier alpha value is -1.92. The highest BCUT2D eigenvalue weighted by molar-refractivity contribution is 7.98. The molecular formula is C14H10N2O2S2. The van der Waals surface area contributed by atoms with Crippen LogP contribution >= 0.6 is 23.1 Å². The smallest absolute Gasteiger partial charge is 0.268 e. The summed E-state index contributed by atoms with van der Waals surface area (Å²) in [6.45, 7) is 0. The molecule has 0 aliphatic heterocycles. The van der Waals surface area contributed by atoms with Gasteiger partial charge >= 0.3 is 0 Å². The van der Waals surface area contributed by atoms with Crippen molar-refractivity contribution in [3.63, 3.8) is 0 Å². The number of hydrogen-bond donors (Lipinski definition) is 1. The first kappa shape index (κ1) is 13.1. The quantitative estimate of drug-likeness (QED) is 0.594. The lowest BCUT2D eigenvalue weighted by Gasteiger charge is -2.02. The van der Waals surface area contributed by atoms with E-state index in [9.17, 15) is 9.59 Å². The van der Waals surface area contributed by atoms with Gasteiger partial charge in [-0.05, 0) is 23.6 Å². The van der Waals surface area contributed by atoms with Crippen molar-refractivity contribution in [1.82, 2.24) is 9.97 Å². The third-order valence-electron chi connectivity index (χ3n) is 2.73. The Morgan fingerprint density at radius 2 is 2.25 bits per heavy atom. The molecule has 1 N–H and O–H groups in total. The van der Waals surface area contributed by atoms with Gasteiger partial charge in [-0.25, -0.2) is 4.98 Å². The summed E-state index contributed by atoms with van der Waals surface area (Å²) in [5, 5.41) is 1.86. The number of aromatic amines is 1. The number of aldehydes is 1. The van der Waals surface area contributed by atoms with Gasteiger partial charge in [-0.2, -0.15) is 0 Å². The molecule has 0 spiro atoms. The molecule has 0 amide bonds. The Morgan fingerprint density at radius 1 is 1.35 bits per heavy atom. The van der Waals surface area contributed by atoms with E-state index in [1.165, 1.54) is 23.1 Å². The molecule has 0 fully saturated rings. The summed E-state index contributed by atoms with van der Waals surface area (Å²) < 4.78 is 0.654. The van der Waals surface area contributed by atoms with E-state index in [2.05, 4.69) is 9.97 Å². The summed E-state index contributed by atoms with van der Waals surface area (Å²) in [4.78, 5) is 30.7. The van der Waals surface area contributed by atoms with Gasteiger partial charge in [-0.1, -0.05) is 12.1 Å². The molecule has 6 heteroatoms. The van der Waals surface area contributed by atoms with Crippen LogP contribution in [0, 0.1) is 0 Å². The molecule has 0 saturated heterocycles. The van der Waals surface area contributed by atoms with Crippen molar-refractivity contribution in [3.8, 4) is 0 Å². The van der Waals surface area contributed by atoms with Crippen molar-refractivity contribution < 1.29 is 4.79 Å². The van der Waals surface area contributed by atoms with Gasteiger partial charge in [0.2, 0.25) is 0 Å². The first-order chi connectivity index (χ1) is 9.76. The number of thioether (sulfide) groups is 1. The van der Waals surface area contributed by atoms with Crippen molar-refractivity contribution >= 4 is 39.6 Å². The number of hydrogen-bond acceptors (Lipinski definition) is 5. The number of thiophene rings is 1. The number of fused-ring (bicyclic) bond motifs is 1. The van der Waals surface area contributed by atoms with Crippen LogP contribution in [0.3, 0.4) is 0 Å². The standard InChI is InChI=1S/C14H10N2O2S2/c17-7-9-2-1-3-10(6-9)20-8-12-15-11-4-5-19-13(11)14(18)16-12/h1-7H,8H2,(H,15,16,18). The highest BCUT2D eigenvalue weighted by Gasteiger charge is 2.05. The summed E-state index contributed by atoms with van der Waals surface area (Å²) in [7, 11) is 0. The summed E-state index contributed by atoms with van der Waals surface area (Å²) >= 11 is 2.92. The van der Waals surface area contributed by atoms with E-state index < -0.39 is 0 Å². The van der Waals surface area contributed by atoms with Crippen LogP contribution in [0.1, 0.15) is 16.2 Å². The number of carbonyl (C=O) groups is 1. The van der Waals surface area contributed by atoms with Crippen molar-refractivity contribution in [2.75, 3.05) is 0 Å². The van der Waals surface area contributed by atoms with Gasteiger partial charge in [-0.3, -0.25) is 9.59 Å². The van der Waals surface area contributed by atoms with Gasteiger partial charge in [0.25, 0.3) is 5.56 Å². The van der Waals surface area contributed by atoms with E-state index in [0.717, 1.165) is 16.7 Å². The highest BCUT2D eigenvalue weighted by atomic mass is 32.2. The molecule has 3 aromatic rings. The average molecular weight is 302 g/mol. The van der Waals surface area contributed by atoms with Crippen LogP contribution < -0.4 is 5.56 Å². The first-order valence-electron chi connectivity index (χ1n) is 5.91. The Morgan fingerprint density at radius 3 is 3.10 bits per heavy atom. The lowest BCUT2D eigenvalue weighted by atomic mass is 10.2. The molecule has 0 aliphatic rings. The molecule has 0 unspecified atom stereocenters. The molecule has 3 rings (SSSR count). The van der Waals surface area contributed by atoms with Gasteiger partial charge in [-0.15, -0.1) is 23.1 Å². The van der Waals surface area contributed by atoms with E-state index in [1.54, 1.807) is 6.07 Å². The first-order valence-corrected chi connectivity index (χ1v) is 7.77. The van der Waals surface area contributed by atoms with Crippen LogP contribution in [0.2, 0.25) is 0 Å². The minimum atomic E-state index is -0.0951. The number of carbonyl (C=O) groups excluding carboxylic acids is 1. The summed E-state index contributed by atoms with van der Waals surface area (Å²) in [5.41, 5.74) is 1.28. The minimum Gasteiger partial charge on any atom is -0.309 e. The third kappa shape index (κ3) is 2.66. The number of nitrogens with one attached hydrogen (secondary N) is 1. The largest absolute Gasteiger partial charge is 0.309 e. The number of rotatable bonds is 4. The van der Waals surface area contributed by atoms with Crippen LogP contribution in [0.5, 0.6) is 0 Å². The van der Waals surface area contributed by atoms with Crippen LogP contribution in [0.15, 0.2) is 45.4 Å². The molecule has 1 aromatic carbocycles. The maximum atomic E-state index is 11.8. The van der Waals surface area contributed by atoms with E-state index in [4.69, 9.17) is 0 Å². The second-order valence-electron chi connectivity index (χ2n) is 4.13. The summed E-state index contributed by atoms with van der Waals surface area (Å²) in [6, 6.07) is 9.19. The predicted octanol–water partition coefficient (Wildman–Crippen LogP) is 3.09. The molecule has 0 saturated carbocycles. The van der Waals surface area contributed by atoms with Crippen LogP contribution in [-0.4, -0.2) is 16.3 Å². The van der Waals surface area contributed by atoms with E-state index in [1.807, 2.05) is 29.6 Å². The molecule has 0 bridgehead atoms. The normalized spacial score (nSPS) is 10.8. The lowest BCUT2D eigenvalue weighted by molar-refractivity contribution is 0.112. The van der Waals surface area contributed by atoms with Gasteiger partial charge in [0.1, 0.15) is 16.8 Å². The monoisotopic (exact) mass is 302 g/mol. The Bertz CT molecular complexity index is 823. The number of nitrogens with zero attached hydrogens (tertiary/aromatic N) is 1. The molecule has 100 valence electrons. The molecule has 0 aliphatic carbocycles. The topological polar surface area (TPSA) is 62.8 Å². The van der Waals surface area contributed by atoms with E-state index >= 15 is 0 Å². The Balaban J connectivity index is 1.82. The second-order valence-corrected chi connectivity index (χ2v) is 6.09. The lowest BCUT2D eigenvalue weighted by Crippen LogP contribution is -2.09. The third-order valence-corrected chi connectivity index (χ3v) is 4.64. The fraction of sp³-hybridized carbons (Fsp3) is 0.0714. The zero-order valence-corrected chi connectivity index (χ0v) is 12.0. The van der Waals surface area contributed by atoms with Crippen LogP contribution in [0.4, 0.5) is 0 Å². The van der Waals surface area contributed by atoms with Crippen molar-refractivity contribution in [2.45, 2.75) is 10.6 Å². The van der Waals surface area contributed by atoms with Gasteiger partial charge in [0.15, 0.2) is 0 Å². The maximum absolute atomic E-state index is 11.8. The molecule has 20 heavy (non-hydrogen) atoms. The van der Waals surface area contributed by atoms with Crippen LogP contribution in [0.25, 0.3) is 10.2 Å². The molecule has 0 radical (unpaired) electrons. The number of aromatic nitrogens is 2. The van der Waals surface area contributed by atoms with E-state index in [-0.39, 0.29) is 5.56 Å². The number of benzene rings is 1. The maximum Gasteiger partial charge on any atom is 0.268 e. The zero-order valence-electron chi connectivity index (χ0n) is 10.3. The second kappa shape index (κ2) is 5.60. The van der Waals surface area contributed by atoms with Crippen LogP contribution in [-0.2, 0) is 5.75 Å². The SMILES string of the molecule is O=Cc1cccc(SCc2nc3ccsc3c(=O)[nH]2)c1. The molecule has 0 atom stereocenters. The fourth-order valence-electron chi connectivity index (χ4n) is 1.82. The number of H-pyrrole nitrogens is 1. The molecule has 2 heterocycles. The zero-order chi connectivity index (χ0) is 13.9. The van der Waals surface area contributed by atoms with Crippen molar-refractivity contribution in [2.24, 2.45) is 0 Å². The van der Waals surface area contributed by atoms with E-state index in [0.29, 0.717) is 21.8 Å². The molecular weight excluding hydrogens is 292 g/mol. The van der Waals surface area contributed by atoms with Gasteiger partial charge in [0.05, 0.1) is 11.3 Å². The Labute approximate surface area is 122 Å². The minimum absolute atomic E-state index is 0.0951. The fourth-order valence-corrected chi connectivity index (χ4v) is 3.38. The highest BCUT2D eigenvalue weighted by Crippen LogP contribution is 2.22. The summed E-state index contributed by atoms with van der Waals surface area (Å²) in [6.07, 6.45) is 0.821. The average Bonchev–Trinajstić information content (AvgIpc) is 2.94.